The van der Waals surface area contributed by atoms with Gasteiger partial charge in [-0.2, -0.15) is 5.26 Å². The third kappa shape index (κ3) is 2.58. The lowest BCUT2D eigenvalue weighted by Crippen LogP contribution is -2.03. The number of nitrogens with zero attached hydrogens (tertiary/aromatic N) is 2. The molecule has 0 aromatic heterocycles. The maximum Gasteiger partial charge on any atom is 0.0621 e. The van der Waals surface area contributed by atoms with Crippen LogP contribution in [0.1, 0.15) is 30.4 Å². The molecule has 1 aromatic carbocycles. The van der Waals surface area contributed by atoms with Gasteiger partial charge in [0.05, 0.1) is 6.07 Å². The van der Waals surface area contributed by atoms with Crippen LogP contribution in [0.5, 0.6) is 0 Å². The number of unbranched alkanes of at least 4 members (excludes halogenated alkanes) is 1. The van der Waals surface area contributed by atoms with E-state index in [0.29, 0.717) is 6.42 Å². The van der Waals surface area contributed by atoms with Crippen LogP contribution >= 0.6 is 0 Å². The molecule has 16 heavy (non-hydrogen) atoms. The first-order chi connectivity index (χ1) is 7.90. The van der Waals surface area contributed by atoms with Gasteiger partial charge in [0, 0.05) is 24.8 Å². The molecule has 0 atom stereocenters. The molecule has 80 valence electrons. The Kier molecular flexibility index (Phi) is 3.50. The SMILES string of the molecule is N#CCCCC1=NC=Cc2ccccc2C1. The quantitative estimate of drug-likeness (QED) is 0.705. The number of nitriles is 1. The summed E-state index contributed by atoms with van der Waals surface area (Å²) in [7, 11) is 0. The first-order valence-corrected chi connectivity index (χ1v) is 5.57. The van der Waals surface area contributed by atoms with Gasteiger partial charge in [0.15, 0.2) is 0 Å². The van der Waals surface area contributed by atoms with Crippen LogP contribution < -0.4 is 0 Å². The Morgan fingerprint density at radius 2 is 2.19 bits per heavy atom. The zero-order valence-electron chi connectivity index (χ0n) is 9.19. The van der Waals surface area contributed by atoms with Gasteiger partial charge in [0.25, 0.3) is 0 Å². The molecule has 1 aromatic rings. The van der Waals surface area contributed by atoms with Gasteiger partial charge < -0.3 is 0 Å². The molecular weight excluding hydrogens is 196 g/mol. The van der Waals surface area contributed by atoms with E-state index in [1.165, 1.54) is 16.8 Å². The molecule has 0 spiro atoms. The topological polar surface area (TPSA) is 36.1 Å². The molecule has 0 saturated carbocycles. The van der Waals surface area contributed by atoms with Crippen LogP contribution in [0.3, 0.4) is 0 Å². The second kappa shape index (κ2) is 5.27. The van der Waals surface area contributed by atoms with E-state index >= 15 is 0 Å². The molecule has 1 heterocycles. The highest BCUT2D eigenvalue weighted by molar-refractivity contribution is 5.89. The first-order valence-electron chi connectivity index (χ1n) is 5.57. The molecule has 1 aliphatic rings. The van der Waals surface area contributed by atoms with Gasteiger partial charge in [-0.1, -0.05) is 24.3 Å². The van der Waals surface area contributed by atoms with Gasteiger partial charge in [0.1, 0.15) is 0 Å². The zero-order chi connectivity index (χ0) is 11.2. The van der Waals surface area contributed by atoms with Crippen LogP contribution in [0.2, 0.25) is 0 Å². The maximum atomic E-state index is 8.51. The van der Waals surface area contributed by atoms with E-state index in [4.69, 9.17) is 5.26 Å². The van der Waals surface area contributed by atoms with Crippen molar-refractivity contribution in [2.75, 3.05) is 0 Å². The van der Waals surface area contributed by atoms with Crippen molar-refractivity contribution in [2.24, 2.45) is 4.99 Å². The Morgan fingerprint density at radius 3 is 3.06 bits per heavy atom. The van der Waals surface area contributed by atoms with Crippen LogP contribution in [0.15, 0.2) is 35.5 Å². The molecule has 0 aliphatic carbocycles. The van der Waals surface area contributed by atoms with Crippen LogP contribution in [0, 0.1) is 11.3 Å². The zero-order valence-corrected chi connectivity index (χ0v) is 9.19. The van der Waals surface area contributed by atoms with E-state index in [1.54, 1.807) is 0 Å². The second-order valence-corrected chi connectivity index (χ2v) is 3.90. The Labute approximate surface area is 95.9 Å². The van der Waals surface area contributed by atoms with Crippen LogP contribution in [0.4, 0.5) is 0 Å². The minimum atomic E-state index is 0.615. The second-order valence-electron chi connectivity index (χ2n) is 3.90. The number of benzene rings is 1. The molecule has 0 radical (unpaired) electrons. The van der Waals surface area contributed by atoms with E-state index in [9.17, 15) is 0 Å². The fraction of sp³-hybridized carbons (Fsp3) is 0.286. The molecule has 2 nitrogen and oxygen atoms in total. The standard InChI is InChI=1S/C14H14N2/c15-9-4-3-7-14-11-13-6-2-1-5-12(13)8-10-16-14/h1-2,5-6,8,10H,3-4,7,11H2. The lowest BCUT2D eigenvalue weighted by molar-refractivity contribution is 0.891. The lowest BCUT2D eigenvalue weighted by atomic mass is 10.0. The summed E-state index contributed by atoms with van der Waals surface area (Å²) in [6.07, 6.45) is 7.27. The highest BCUT2D eigenvalue weighted by atomic mass is 14.7. The van der Waals surface area contributed by atoms with Crippen molar-refractivity contribution in [1.29, 1.82) is 5.26 Å². The molecule has 0 amide bonds. The Hall–Kier alpha value is -1.88. The number of fused-ring (bicyclic) bond motifs is 1. The minimum Gasteiger partial charge on any atom is -0.265 e. The Bertz CT molecular complexity index is 464. The fourth-order valence-electron chi connectivity index (χ4n) is 1.87. The summed E-state index contributed by atoms with van der Waals surface area (Å²) in [5.74, 6) is 0. The van der Waals surface area contributed by atoms with Gasteiger partial charge in [0.2, 0.25) is 0 Å². The Balaban J connectivity index is 2.08. The van der Waals surface area contributed by atoms with Crippen molar-refractivity contribution in [3.8, 4) is 6.07 Å². The number of hydrogen-bond donors (Lipinski definition) is 0. The normalized spacial score (nSPS) is 13.6. The average Bonchev–Trinajstić information content (AvgIpc) is 2.51. The molecule has 2 rings (SSSR count). The van der Waals surface area contributed by atoms with E-state index < -0.39 is 0 Å². The minimum absolute atomic E-state index is 0.615. The lowest BCUT2D eigenvalue weighted by Gasteiger charge is -2.05. The van der Waals surface area contributed by atoms with Crippen LogP contribution in [-0.4, -0.2) is 5.71 Å². The van der Waals surface area contributed by atoms with Gasteiger partial charge in [-0.25, -0.2) is 0 Å². The van der Waals surface area contributed by atoms with Crippen molar-refractivity contribution in [2.45, 2.75) is 25.7 Å². The molecule has 0 fully saturated rings. The molecule has 1 aliphatic heterocycles. The third-order valence-electron chi connectivity index (χ3n) is 2.71. The monoisotopic (exact) mass is 210 g/mol. The summed E-state index contributed by atoms with van der Waals surface area (Å²) in [4.78, 5) is 4.44. The van der Waals surface area contributed by atoms with Crippen molar-refractivity contribution < 1.29 is 0 Å². The van der Waals surface area contributed by atoms with Crippen LogP contribution in [-0.2, 0) is 6.42 Å². The van der Waals surface area contributed by atoms with Gasteiger partial charge in [-0.05, 0) is 30.0 Å². The fourth-order valence-corrected chi connectivity index (χ4v) is 1.87. The predicted molar refractivity (Wildman–Crippen MR) is 66.1 cm³/mol. The third-order valence-corrected chi connectivity index (χ3v) is 2.71. The maximum absolute atomic E-state index is 8.51. The van der Waals surface area contributed by atoms with Crippen molar-refractivity contribution in [3.63, 3.8) is 0 Å². The van der Waals surface area contributed by atoms with Crippen molar-refractivity contribution in [1.82, 2.24) is 0 Å². The van der Waals surface area contributed by atoms with Gasteiger partial charge in [-0.15, -0.1) is 0 Å². The van der Waals surface area contributed by atoms with Gasteiger partial charge in [-0.3, -0.25) is 4.99 Å². The van der Waals surface area contributed by atoms with Gasteiger partial charge >= 0.3 is 0 Å². The summed E-state index contributed by atoms with van der Waals surface area (Å²) in [6, 6.07) is 10.5. The van der Waals surface area contributed by atoms with E-state index in [0.717, 1.165) is 19.3 Å². The van der Waals surface area contributed by atoms with E-state index in [-0.39, 0.29) is 0 Å². The molecule has 0 saturated heterocycles. The molecular formula is C14H14N2. The predicted octanol–water partition coefficient (Wildman–Crippen LogP) is 3.35. The highest BCUT2D eigenvalue weighted by Gasteiger charge is 2.06. The first kappa shape index (κ1) is 10.6. The summed E-state index contributed by atoms with van der Waals surface area (Å²) >= 11 is 0. The Morgan fingerprint density at radius 1 is 1.31 bits per heavy atom. The van der Waals surface area contributed by atoms with E-state index in [1.807, 2.05) is 18.3 Å². The summed E-state index contributed by atoms with van der Waals surface area (Å²) in [5, 5.41) is 8.51. The highest BCUT2D eigenvalue weighted by Crippen LogP contribution is 2.16. The van der Waals surface area contributed by atoms with E-state index in [2.05, 4.69) is 29.3 Å². The summed E-state index contributed by atoms with van der Waals surface area (Å²) < 4.78 is 0. The number of hydrogen-bond acceptors (Lipinski definition) is 2. The smallest absolute Gasteiger partial charge is 0.0621 e. The van der Waals surface area contributed by atoms with Crippen LogP contribution in [0.25, 0.3) is 6.08 Å². The van der Waals surface area contributed by atoms with Crippen molar-refractivity contribution in [3.05, 3.63) is 41.6 Å². The summed E-state index contributed by atoms with van der Waals surface area (Å²) in [6.45, 7) is 0. The molecule has 0 bridgehead atoms. The van der Waals surface area contributed by atoms with Crippen molar-refractivity contribution >= 4 is 11.8 Å². The molecule has 0 N–H and O–H groups in total. The largest absolute Gasteiger partial charge is 0.265 e. The number of rotatable bonds is 3. The molecule has 0 unspecified atom stereocenters. The average molecular weight is 210 g/mol. The molecule has 2 heteroatoms. The summed E-state index contributed by atoms with van der Waals surface area (Å²) in [5.41, 5.74) is 3.75. The number of aliphatic imine (C=N–C) groups is 1.